The maximum absolute atomic E-state index is 12.1. The average molecular weight is 212 g/mol. The second kappa shape index (κ2) is 4.52. The van der Waals surface area contributed by atoms with Crippen LogP contribution in [0.25, 0.3) is 0 Å². The summed E-state index contributed by atoms with van der Waals surface area (Å²) in [6, 6.07) is 0. The van der Waals surface area contributed by atoms with Crippen LogP contribution >= 0.6 is 0 Å². The molecule has 1 fully saturated rings. The van der Waals surface area contributed by atoms with E-state index in [0.717, 1.165) is 25.9 Å². The first-order valence-corrected chi connectivity index (χ1v) is 5.96. The van der Waals surface area contributed by atoms with Crippen LogP contribution in [-0.4, -0.2) is 29.4 Å². The Labute approximate surface area is 93.0 Å². The highest BCUT2D eigenvalue weighted by atomic mass is 16.2. The highest BCUT2D eigenvalue weighted by Crippen LogP contribution is 2.25. The predicted octanol–water partition coefficient (Wildman–Crippen LogP) is 1.62. The summed E-state index contributed by atoms with van der Waals surface area (Å²) in [6.07, 6.45) is 1.72. The van der Waals surface area contributed by atoms with E-state index in [1.54, 1.807) is 0 Å². The lowest BCUT2D eigenvalue weighted by Crippen LogP contribution is -2.52. The van der Waals surface area contributed by atoms with Gasteiger partial charge in [0, 0.05) is 13.1 Å². The Bertz CT molecular complexity index is 228. The summed E-state index contributed by atoms with van der Waals surface area (Å²) in [7, 11) is 0. The van der Waals surface area contributed by atoms with Crippen molar-refractivity contribution < 1.29 is 4.79 Å². The van der Waals surface area contributed by atoms with Crippen LogP contribution in [0.4, 0.5) is 0 Å². The van der Waals surface area contributed by atoms with E-state index >= 15 is 0 Å². The molecule has 0 saturated carbocycles. The average Bonchev–Trinajstić information content (AvgIpc) is 2.45. The van der Waals surface area contributed by atoms with Crippen LogP contribution < -0.4 is 5.73 Å². The molecule has 3 heteroatoms. The third kappa shape index (κ3) is 2.71. The molecule has 0 aromatic carbocycles. The monoisotopic (exact) mass is 212 g/mol. The van der Waals surface area contributed by atoms with E-state index in [-0.39, 0.29) is 5.91 Å². The van der Waals surface area contributed by atoms with Gasteiger partial charge in [0.1, 0.15) is 0 Å². The van der Waals surface area contributed by atoms with E-state index in [4.69, 9.17) is 5.73 Å². The van der Waals surface area contributed by atoms with Gasteiger partial charge in [-0.25, -0.2) is 0 Å². The number of amides is 1. The van der Waals surface area contributed by atoms with Crippen LogP contribution in [0.15, 0.2) is 0 Å². The van der Waals surface area contributed by atoms with E-state index in [1.807, 2.05) is 11.8 Å². The van der Waals surface area contributed by atoms with Crippen molar-refractivity contribution in [2.75, 3.05) is 13.1 Å². The molecule has 3 unspecified atom stereocenters. The first-order valence-electron chi connectivity index (χ1n) is 5.96. The molecule has 1 saturated heterocycles. The number of carbonyl (C=O) groups excluding carboxylic acids is 1. The predicted molar refractivity (Wildman–Crippen MR) is 62.4 cm³/mol. The Balaban J connectivity index is 2.62. The first-order chi connectivity index (χ1) is 6.88. The van der Waals surface area contributed by atoms with Crippen molar-refractivity contribution in [3.05, 3.63) is 0 Å². The number of hydrogen-bond donors (Lipinski definition) is 1. The smallest absolute Gasteiger partial charge is 0.242 e. The Morgan fingerprint density at radius 2 is 1.87 bits per heavy atom. The van der Waals surface area contributed by atoms with Gasteiger partial charge in [-0.3, -0.25) is 4.79 Å². The Hall–Kier alpha value is -0.570. The van der Waals surface area contributed by atoms with Gasteiger partial charge in [0.15, 0.2) is 0 Å². The van der Waals surface area contributed by atoms with Crippen molar-refractivity contribution in [1.82, 2.24) is 4.90 Å². The van der Waals surface area contributed by atoms with Gasteiger partial charge in [-0.2, -0.15) is 0 Å². The molecule has 0 aromatic rings. The van der Waals surface area contributed by atoms with E-state index in [0.29, 0.717) is 11.8 Å². The summed E-state index contributed by atoms with van der Waals surface area (Å²) in [5, 5.41) is 0. The van der Waals surface area contributed by atoms with Gasteiger partial charge < -0.3 is 10.6 Å². The zero-order valence-corrected chi connectivity index (χ0v) is 10.4. The summed E-state index contributed by atoms with van der Waals surface area (Å²) in [5.41, 5.74) is 5.38. The third-order valence-electron chi connectivity index (χ3n) is 3.53. The second-order valence-electron chi connectivity index (χ2n) is 5.33. The van der Waals surface area contributed by atoms with Crippen molar-refractivity contribution >= 4 is 5.91 Å². The Morgan fingerprint density at radius 3 is 2.27 bits per heavy atom. The quantitative estimate of drug-likeness (QED) is 0.772. The van der Waals surface area contributed by atoms with E-state index in [1.165, 1.54) is 0 Å². The van der Waals surface area contributed by atoms with Gasteiger partial charge in [-0.1, -0.05) is 27.2 Å². The molecular formula is C12H24N2O. The minimum Gasteiger partial charge on any atom is -0.341 e. The molecule has 1 aliphatic heterocycles. The van der Waals surface area contributed by atoms with Crippen LogP contribution in [0.2, 0.25) is 0 Å². The maximum Gasteiger partial charge on any atom is 0.242 e. The minimum absolute atomic E-state index is 0.126. The topological polar surface area (TPSA) is 46.3 Å². The van der Waals surface area contributed by atoms with Crippen LogP contribution in [-0.2, 0) is 4.79 Å². The van der Waals surface area contributed by atoms with E-state index < -0.39 is 5.54 Å². The largest absolute Gasteiger partial charge is 0.341 e. The molecule has 15 heavy (non-hydrogen) atoms. The van der Waals surface area contributed by atoms with Gasteiger partial charge in [-0.05, 0) is 25.2 Å². The number of rotatable bonds is 3. The lowest BCUT2D eigenvalue weighted by atomic mass is 9.96. The molecule has 1 amide bonds. The van der Waals surface area contributed by atoms with E-state index in [9.17, 15) is 4.79 Å². The highest BCUT2D eigenvalue weighted by Gasteiger charge is 2.37. The molecule has 0 radical (unpaired) electrons. The summed E-state index contributed by atoms with van der Waals surface area (Å²) in [4.78, 5) is 14.1. The molecular weight excluding hydrogens is 188 g/mol. The molecule has 1 aliphatic rings. The van der Waals surface area contributed by atoms with Crippen LogP contribution in [0.5, 0.6) is 0 Å². The fourth-order valence-corrected chi connectivity index (χ4v) is 2.28. The summed E-state index contributed by atoms with van der Waals surface area (Å²) in [6.45, 7) is 10.1. The molecule has 0 bridgehead atoms. The van der Waals surface area contributed by atoms with Gasteiger partial charge in [0.25, 0.3) is 0 Å². The van der Waals surface area contributed by atoms with E-state index in [2.05, 4.69) is 20.8 Å². The zero-order valence-electron chi connectivity index (χ0n) is 10.4. The minimum atomic E-state index is -0.668. The SMILES string of the molecule is CCCC(C)(N)C(=O)N1CC(C)C(C)C1. The second-order valence-corrected chi connectivity index (χ2v) is 5.33. The molecule has 0 aliphatic carbocycles. The van der Waals surface area contributed by atoms with Crippen molar-refractivity contribution in [2.45, 2.75) is 46.1 Å². The third-order valence-corrected chi connectivity index (χ3v) is 3.53. The number of carbonyl (C=O) groups is 1. The van der Waals surface area contributed by atoms with Crippen LogP contribution in [0.3, 0.4) is 0 Å². The molecule has 1 rings (SSSR count). The van der Waals surface area contributed by atoms with Crippen molar-refractivity contribution in [1.29, 1.82) is 0 Å². The fourth-order valence-electron chi connectivity index (χ4n) is 2.28. The van der Waals surface area contributed by atoms with Gasteiger partial charge >= 0.3 is 0 Å². The first kappa shape index (κ1) is 12.5. The molecule has 2 N–H and O–H groups in total. The van der Waals surface area contributed by atoms with Gasteiger partial charge in [0.05, 0.1) is 5.54 Å². The molecule has 3 nitrogen and oxygen atoms in total. The number of hydrogen-bond acceptors (Lipinski definition) is 2. The number of likely N-dealkylation sites (tertiary alicyclic amines) is 1. The number of nitrogens with two attached hydrogens (primary N) is 1. The maximum atomic E-state index is 12.1. The molecule has 0 spiro atoms. The normalized spacial score (nSPS) is 30.3. The molecule has 3 atom stereocenters. The van der Waals surface area contributed by atoms with Crippen LogP contribution in [0.1, 0.15) is 40.5 Å². The zero-order chi connectivity index (χ0) is 11.6. The fraction of sp³-hybridized carbons (Fsp3) is 0.917. The van der Waals surface area contributed by atoms with Crippen LogP contribution in [0, 0.1) is 11.8 Å². The Kier molecular flexibility index (Phi) is 3.77. The van der Waals surface area contributed by atoms with Crippen molar-refractivity contribution in [3.63, 3.8) is 0 Å². The number of nitrogens with zero attached hydrogens (tertiary/aromatic N) is 1. The standard InChI is InChI=1S/C12H24N2O/c1-5-6-12(4,13)11(15)14-7-9(2)10(3)8-14/h9-10H,5-8,13H2,1-4H3. The Morgan fingerprint density at radius 1 is 1.40 bits per heavy atom. The molecule has 88 valence electrons. The molecule has 1 heterocycles. The summed E-state index contributed by atoms with van der Waals surface area (Å²) < 4.78 is 0. The molecule has 0 aromatic heterocycles. The van der Waals surface area contributed by atoms with Crippen molar-refractivity contribution in [3.8, 4) is 0 Å². The lowest BCUT2D eigenvalue weighted by molar-refractivity contribution is -0.135. The van der Waals surface area contributed by atoms with Gasteiger partial charge in [-0.15, -0.1) is 0 Å². The highest BCUT2D eigenvalue weighted by molar-refractivity contribution is 5.85. The summed E-state index contributed by atoms with van der Waals surface area (Å²) in [5.74, 6) is 1.33. The summed E-state index contributed by atoms with van der Waals surface area (Å²) >= 11 is 0. The van der Waals surface area contributed by atoms with Crippen molar-refractivity contribution in [2.24, 2.45) is 17.6 Å². The van der Waals surface area contributed by atoms with Gasteiger partial charge in [0.2, 0.25) is 5.91 Å². The lowest BCUT2D eigenvalue weighted by Gasteiger charge is -2.28.